The van der Waals surface area contributed by atoms with Crippen LogP contribution in [0.25, 0.3) is 0 Å². The first-order valence-corrected chi connectivity index (χ1v) is 6.72. The molecular formula is C15H22N2O2. The van der Waals surface area contributed by atoms with Crippen molar-refractivity contribution in [1.29, 1.82) is 0 Å². The molecule has 2 N–H and O–H groups in total. The number of benzene rings is 1. The Morgan fingerprint density at radius 1 is 1.53 bits per heavy atom. The number of fused-ring (bicyclic) bond motifs is 1. The van der Waals surface area contributed by atoms with Gasteiger partial charge in [-0.2, -0.15) is 0 Å². The Bertz CT molecular complexity index is 469. The second-order valence-corrected chi connectivity index (χ2v) is 5.30. The van der Waals surface area contributed by atoms with Crippen LogP contribution in [0.5, 0.6) is 0 Å². The molecule has 0 saturated heterocycles. The van der Waals surface area contributed by atoms with E-state index in [2.05, 4.69) is 0 Å². The van der Waals surface area contributed by atoms with Gasteiger partial charge in [-0.3, -0.25) is 4.79 Å². The van der Waals surface area contributed by atoms with Crippen molar-refractivity contribution >= 4 is 11.6 Å². The van der Waals surface area contributed by atoms with Crippen LogP contribution in [0.15, 0.2) is 24.3 Å². The molecule has 1 aromatic carbocycles. The minimum Gasteiger partial charge on any atom is -0.369 e. The molecule has 4 nitrogen and oxygen atoms in total. The quantitative estimate of drug-likeness (QED) is 0.902. The maximum Gasteiger partial charge on any atom is 0.258 e. The summed E-state index contributed by atoms with van der Waals surface area (Å²) in [6.45, 7) is 4.34. The first-order chi connectivity index (χ1) is 9.01. The largest absolute Gasteiger partial charge is 0.369 e. The van der Waals surface area contributed by atoms with Gasteiger partial charge in [0.15, 0.2) is 0 Å². The third-order valence-electron chi connectivity index (χ3n) is 4.00. The average Bonchev–Trinajstić information content (AvgIpc) is 2.44. The molecule has 19 heavy (non-hydrogen) atoms. The zero-order valence-corrected chi connectivity index (χ0v) is 11.8. The summed E-state index contributed by atoms with van der Waals surface area (Å²) in [5.41, 5.74) is 7.37. The van der Waals surface area contributed by atoms with Crippen LogP contribution in [0.2, 0.25) is 0 Å². The molecule has 0 spiro atoms. The van der Waals surface area contributed by atoms with Crippen molar-refractivity contribution in [2.45, 2.75) is 38.3 Å². The molecule has 0 bridgehead atoms. The number of methoxy groups -OCH3 is 1. The standard InChI is InChI=1S/C15H22N2O2/c1-4-15(2,19-3)14(18)17-10-12(16)9-11-7-5-6-8-13(11)17/h5-8,12H,4,9-10,16H2,1-3H3. The number of carbonyl (C=O) groups is 1. The SMILES string of the molecule is CCC(C)(OC)C(=O)N1CC(N)Cc2ccccc21. The van der Waals surface area contributed by atoms with Gasteiger partial charge >= 0.3 is 0 Å². The van der Waals surface area contributed by atoms with Crippen molar-refractivity contribution in [2.24, 2.45) is 5.73 Å². The highest BCUT2D eigenvalue weighted by atomic mass is 16.5. The molecule has 4 heteroatoms. The Morgan fingerprint density at radius 2 is 2.21 bits per heavy atom. The molecule has 0 aromatic heterocycles. The molecule has 1 amide bonds. The second-order valence-electron chi connectivity index (χ2n) is 5.30. The lowest BCUT2D eigenvalue weighted by atomic mass is 9.94. The molecule has 2 atom stereocenters. The predicted molar refractivity (Wildman–Crippen MR) is 76.2 cm³/mol. The predicted octanol–water partition coefficient (Wildman–Crippen LogP) is 1.72. The zero-order valence-electron chi connectivity index (χ0n) is 11.8. The van der Waals surface area contributed by atoms with Gasteiger partial charge in [0, 0.05) is 25.4 Å². The van der Waals surface area contributed by atoms with E-state index in [1.165, 1.54) is 0 Å². The van der Waals surface area contributed by atoms with Crippen molar-refractivity contribution in [3.8, 4) is 0 Å². The fourth-order valence-corrected chi connectivity index (χ4v) is 2.49. The van der Waals surface area contributed by atoms with E-state index in [4.69, 9.17) is 10.5 Å². The summed E-state index contributed by atoms with van der Waals surface area (Å²) in [5.74, 6) is -0.0138. The minimum absolute atomic E-state index is 0.0138. The Hall–Kier alpha value is -1.39. The van der Waals surface area contributed by atoms with Crippen LogP contribution in [0.3, 0.4) is 0 Å². The van der Waals surface area contributed by atoms with E-state index < -0.39 is 5.60 Å². The first-order valence-electron chi connectivity index (χ1n) is 6.72. The lowest BCUT2D eigenvalue weighted by molar-refractivity contribution is -0.139. The highest BCUT2D eigenvalue weighted by Gasteiger charge is 2.38. The average molecular weight is 262 g/mol. The lowest BCUT2D eigenvalue weighted by Crippen LogP contribution is -2.54. The number of nitrogens with two attached hydrogens (primary N) is 1. The summed E-state index contributed by atoms with van der Waals surface area (Å²) in [6.07, 6.45) is 1.45. The summed E-state index contributed by atoms with van der Waals surface area (Å²) in [5, 5.41) is 0. The number of amides is 1. The van der Waals surface area contributed by atoms with Gasteiger partial charge in [-0.05, 0) is 31.4 Å². The number of carbonyl (C=O) groups excluding carboxylic acids is 1. The third-order valence-corrected chi connectivity index (χ3v) is 4.00. The molecule has 1 aliphatic rings. The Balaban J connectivity index is 2.38. The van der Waals surface area contributed by atoms with E-state index in [-0.39, 0.29) is 11.9 Å². The number of hydrogen-bond donors (Lipinski definition) is 1. The van der Waals surface area contributed by atoms with Crippen molar-refractivity contribution in [3.05, 3.63) is 29.8 Å². The van der Waals surface area contributed by atoms with Crippen LogP contribution in [0.1, 0.15) is 25.8 Å². The van der Waals surface area contributed by atoms with Crippen LogP contribution in [-0.2, 0) is 16.0 Å². The highest BCUT2D eigenvalue weighted by molar-refractivity contribution is 6.00. The van der Waals surface area contributed by atoms with Gasteiger partial charge in [-0.1, -0.05) is 25.1 Å². The van der Waals surface area contributed by atoms with E-state index in [1.807, 2.05) is 38.1 Å². The van der Waals surface area contributed by atoms with Gasteiger partial charge in [0.25, 0.3) is 5.91 Å². The van der Waals surface area contributed by atoms with Crippen LogP contribution >= 0.6 is 0 Å². The molecule has 0 fully saturated rings. The lowest BCUT2D eigenvalue weighted by Gasteiger charge is -2.38. The summed E-state index contributed by atoms with van der Waals surface area (Å²) >= 11 is 0. The Kier molecular flexibility index (Phi) is 3.92. The summed E-state index contributed by atoms with van der Waals surface area (Å²) < 4.78 is 5.42. The Labute approximate surface area is 114 Å². The summed E-state index contributed by atoms with van der Waals surface area (Å²) in [6, 6.07) is 7.92. The summed E-state index contributed by atoms with van der Waals surface area (Å²) in [7, 11) is 1.58. The van der Waals surface area contributed by atoms with Gasteiger partial charge in [0.1, 0.15) is 5.60 Å². The number of para-hydroxylation sites is 1. The van der Waals surface area contributed by atoms with Gasteiger partial charge in [0.2, 0.25) is 0 Å². The molecular weight excluding hydrogens is 240 g/mol. The number of rotatable bonds is 3. The van der Waals surface area contributed by atoms with Gasteiger partial charge in [-0.15, -0.1) is 0 Å². The fraction of sp³-hybridized carbons (Fsp3) is 0.533. The molecule has 2 unspecified atom stereocenters. The first kappa shape index (κ1) is 14.0. The Morgan fingerprint density at radius 3 is 2.84 bits per heavy atom. The fourth-order valence-electron chi connectivity index (χ4n) is 2.49. The maximum atomic E-state index is 12.7. The van der Waals surface area contributed by atoms with Gasteiger partial charge in [-0.25, -0.2) is 0 Å². The van der Waals surface area contributed by atoms with E-state index in [1.54, 1.807) is 12.0 Å². The monoisotopic (exact) mass is 262 g/mol. The van der Waals surface area contributed by atoms with Gasteiger partial charge in [0.05, 0.1) is 0 Å². The van der Waals surface area contributed by atoms with Crippen LogP contribution in [0, 0.1) is 0 Å². The molecule has 1 heterocycles. The van der Waals surface area contributed by atoms with Crippen LogP contribution in [-0.4, -0.2) is 31.2 Å². The maximum absolute atomic E-state index is 12.7. The van der Waals surface area contributed by atoms with Crippen molar-refractivity contribution < 1.29 is 9.53 Å². The highest BCUT2D eigenvalue weighted by Crippen LogP contribution is 2.30. The third kappa shape index (κ3) is 2.51. The van der Waals surface area contributed by atoms with E-state index >= 15 is 0 Å². The molecule has 104 valence electrons. The second kappa shape index (κ2) is 5.31. The molecule has 1 aromatic rings. The van der Waals surface area contributed by atoms with E-state index in [0.717, 1.165) is 17.7 Å². The molecule has 1 aliphatic heterocycles. The smallest absolute Gasteiger partial charge is 0.258 e. The molecule has 0 radical (unpaired) electrons. The molecule has 0 aliphatic carbocycles. The van der Waals surface area contributed by atoms with Crippen molar-refractivity contribution in [1.82, 2.24) is 0 Å². The topological polar surface area (TPSA) is 55.6 Å². The molecule has 0 saturated carbocycles. The number of nitrogens with zero attached hydrogens (tertiary/aromatic N) is 1. The number of hydrogen-bond acceptors (Lipinski definition) is 3. The minimum atomic E-state index is -0.788. The van der Waals surface area contributed by atoms with Gasteiger partial charge < -0.3 is 15.4 Å². The summed E-state index contributed by atoms with van der Waals surface area (Å²) in [4.78, 5) is 14.5. The number of anilines is 1. The van der Waals surface area contributed by atoms with Crippen LogP contribution < -0.4 is 10.6 Å². The van der Waals surface area contributed by atoms with E-state index in [0.29, 0.717) is 13.0 Å². The number of ether oxygens (including phenoxy) is 1. The normalized spacial score (nSPS) is 21.7. The van der Waals surface area contributed by atoms with Crippen molar-refractivity contribution in [2.75, 3.05) is 18.6 Å². The van der Waals surface area contributed by atoms with Crippen molar-refractivity contribution in [3.63, 3.8) is 0 Å². The van der Waals surface area contributed by atoms with Crippen LogP contribution in [0.4, 0.5) is 5.69 Å². The van der Waals surface area contributed by atoms with E-state index in [9.17, 15) is 4.79 Å². The molecule has 2 rings (SSSR count). The zero-order chi connectivity index (χ0) is 14.0.